The molecule has 2 N–H and O–H groups in total. The van der Waals surface area contributed by atoms with E-state index < -0.39 is 17.9 Å². The van der Waals surface area contributed by atoms with Crippen molar-refractivity contribution in [2.45, 2.75) is 12.5 Å². The third-order valence-corrected chi connectivity index (χ3v) is 4.33. The summed E-state index contributed by atoms with van der Waals surface area (Å²) in [5, 5.41) is 12.1. The molecule has 0 aromatic heterocycles. The number of amides is 1. The minimum Gasteiger partial charge on any atom is -0.508 e. The topological polar surface area (TPSA) is 75.6 Å². The monoisotopic (exact) mass is 425 g/mol. The zero-order valence-corrected chi connectivity index (χ0v) is 14.6. The van der Waals surface area contributed by atoms with Crippen molar-refractivity contribution in [3.05, 3.63) is 63.2 Å². The largest absolute Gasteiger partial charge is 0.508 e. The van der Waals surface area contributed by atoms with E-state index in [2.05, 4.69) is 27.9 Å². The summed E-state index contributed by atoms with van der Waals surface area (Å²) in [4.78, 5) is 24.2. The van der Waals surface area contributed by atoms with Crippen molar-refractivity contribution in [1.29, 1.82) is 0 Å². The van der Waals surface area contributed by atoms with Gasteiger partial charge in [-0.2, -0.15) is 0 Å². The van der Waals surface area contributed by atoms with Gasteiger partial charge in [0, 0.05) is 15.6 Å². The number of halogens is 1. The molecule has 2 aromatic carbocycles. The molecule has 2 aromatic rings. The van der Waals surface area contributed by atoms with Crippen LogP contribution in [-0.4, -0.2) is 30.1 Å². The molecule has 0 radical (unpaired) electrons. The predicted octanol–water partition coefficient (Wildman–Crippen LogP) is 2.51. The highest BCUT2D eigenvalue weighted by Crippen LogP contribution is 2.15. The lowest BCUT2D eigenvalue weighted by molar-refractivity contribution is -0.142. The number of hydrogen-bond acceptors (Lipinski definition) is 4. The number of methoxy groups -OCH3 is 1. The summed E-state index contributed by atoms with van der Waals surface area (Å²) in [6.45, 7) is 0. The van der Waals surface area contributed by atoms with Crippen LogP contribution in [0.1, 0.15) is 15.9 Å². The number of hydrogen-bond donors (Lipinski definition) is 2. The van der Waals surface area contributed by atoms with Crippen LogP contribution in [0.4, 0.5) is 0 Å². The van der Waals surface area contributed by atoms with E-state index in [0.717, 1.165) is 9.13 Å². The Morgan fingerprint density at radius 1 is 1.22 bits per heavy atom. The Morgan fingerprint density at radius 3 is 2.61 bits per heavy atom. The minimum atomic E-state index is -0.800. The number of carbonyl (C=O) groups is 2. The van der Waals surface area contributed by atoms with Crippen LogP contribution >= 0.6 is 22.6 Å². The van der Waals surface area contributed by atoms with Crippen LogP contribution < -0.4 is 5.32 Å². The van der Waals surface area contributed by atoms with Gasteiger partial charge in [0.2, 0.25) is 0 Å². The molecule has 0 aliphatic rings. The molecule has 0 fully saturated rings. The summed E-state index contributed by atoms with van der Waals surface area (Å²) >= 11 is 2.18. The number of ether oxygens (including phenoxy) is 1. The minimum absolute atomic E-state index is 0.00937. The molecule has 0 bridgehead atoms. The summed E-state index contributed by atoms with van der Waals surface area (Å²) < 4.78 is 5.78. The molecule has 0 unspecified atom stereocenters. The second kappa shape index (κ2) is 7.96. The second-order valence-corrected chi connectivity index (χ2v) is 6.06. The first-order valence-electron chi connectivity index (χ1n) is 6.92. The lowest BCUT2D eigenvalue weighted by Gasteiger charge is -2.17. The molecule has 0 saturated carbocycles. The molecule has 0 heterocycles. The van der Waals surface area contributed by atoms with Crippen molar-refractivity contribution in [2.24, 2.45) is 0 Å². The van der Waals surface area contributed by atoms with Crippen LogP contribution in [0.3, 0.4) is 0 Å². The molecular formula is C17H16INO4. The number of phenolic OH excluding ortho intramolecular Hbond substituents is 1. The van der Waals surface area contributed by atoms with E-state index in [4.69, 9.17) is 4.74 Å². The average molecular weight is 425 g/mol. The van der Waals surface area contributed by atoms with Gasteiger partial charge in [-0.25, -0.2) is 4.79 Å². The normalized spacial score (nSPS) is 11.6. The first kappa shape index (κ1) is 17.3. The molecule has 0 aliphatic carbocycles. The van der Waals surface area contributed by atoms with Crippen molar-refractivity contribution in [3.63, 3.8) is 0 Å². The highest BCUT2D eigenvalue weighted by molar-refractivity contribution is 14.1. The zero-order chi connectivity index (χ0) is 16.8. The molecule has 2 rings (SSSR count). The summed E-state index contributed by atoms with van der Waals surface area (Å²) in [5.74, 6) is -0.967. The summed E-state index contributed by atoms with van der Waals surface area (Å²) in [5.41, 5.74) is 1.22. The van der Waals surface area contributed by atoms with Crippen LogP contribution in [-0.2, 0) is 16.0 Å². The number of nitrogens with one attached hydrogen (secondary N) is 1. The van der Waals surface area contributed by atoms with E-state index in [-0.39, 0.29) is 11.3 Å². The lowest BCUT2D eigenvalue weighted by atomic mass is 10.1. The third-order valence-electron chi connectivity index (χ3n) is 3.28. The molecule has 120 valence electrons. The van der Waals surface area contributed by atoms with Crippen LogP contribution in [0.2, 0.25) is 0 Å². The van der Waals surface area contributed by atoms with E-state index in [9.17, 15) is 14.7 Å². The van der Waals surface area contributed by atoms with Gasteiger partial charge in [-0.3, -0.25) is 4.79 Å². The molecule has 0 saturated heterocycles. The molecular weight excluding hydrogens is 409 g/mol. The Morgan fingerprint density at radius 2 is 1.96 bits per heavy atom. The molecule has 6 heteroatoms. The lowest BCUT2D eigenvalue weighted by Crippen LogP contribution is -2.43. The van der Waals surface area contributed by atoms with E-state index in [1.54, 1.807) is 12.1 Å². The maximum atomic E-state index is 12.3. The quantitative estimate of drug-likeness (QED) is 0.571. The fourth-order valence-electron chi connectivity index (χ4n) is 2.11. The fraction of sp³-hybridized carbons (Fsp3) is 0.176. The molecule has 0 spiro atoms. The van der Waals surface area contributed by atoms with Gasteiger partial charge in [0.05, 0.1) is 7.11 Å². The molecule has 23 heavy (non-hydrogen) atoms. The molecule has 1 amide bonds. The van der Waals surface area contributed by atoms with Crippen LogP contribution in [0.5, 0.6) is 5.75 Å². The van der Waals surface area contributed by atoms with E-state index in [1.165, 1.54) is 19.2 Å². The van der Waals surface area contributed by atoms with Gasteiger partial charge in [-0.1, -0.05) is 24.3 Å². The van der Waals surface area contributed by atoms with Gasteiger partial charge in [0.25, 0.3) is 5.91 Å². The van der Waals surface area contributed by atoms with E-state index in [1.807, 2.05) is 24.3 Å². The summed E-state index contributed by atoms with van der Waals surface area (Å²) in [7, 11) is 1.28. The Bertz CT molecular complexity index is 717. The number of aromatic hydroxyl groups is 1. The maximum absolute atomic E-state index is 12.3. The average Bonchev–Trinajstić information content (AvgIpc) is 2.55. The first-order chi connectivity index (χ1) is 11.0. The Kier molecular flexibility index (Phi) is 5.97. The number of esters is 1. The number of benzene rings is 2. The first-order valence-corrected chi connectivity index (χ1v) is 8.00. The van der Waals surface area contributed by atoms with Crippen molar-refractivity contribution < 1.29 is 19.4 Å². The number of rotatable bonds is 5. The van der Waals surface area contributed by atoms with Crippen LogP contribution in [0.25, 0.3) is 0 Å². The fourth-order valence-corrected chi connectivity index (χ4v) is 2.72. The highest BCUT2D eigenvalue weighted by atomic mass is 127. The smallest absolute Gasteiger partial charge is 0.328 e. The zero-order valence-electron chi connectivity index (χ0n) is 12.5. The summed E-state index contributed by atoms with van der Waals surface area (Å²) in [6, 6.07) is 12.8. The van der Waals surface area contributed by atoms with E-state index >= 15 is 0 Å². The van der Waals surface area contributed by atoms with Gasteiger partial charge in [-0.15, -0.1) is 0 Å². The van der Waals surface area contributed by atoms with Gasteiger partial charge in [0.15, 0.2) is 0 Å². The molecule has 1 atom stereocenters. The Balaban J connectivity index is 2.17. The molecule has 5 nitrogen and oxygen atoms in total. The number of phenols is 1. The maximum Gasteiger partial charge on any atom is 0.328 e. The summed E-state index contributed by atoms with van der Waals surface area (Å²) in [6.07, 6.45) is 0.330. The van der Waals surface area contributed by atoms with E-state index in [0.29, 0.717) is 6.42 Å². The van der Waals surface area contributed by atoms with Crippen LogP contribution in [0, 0.1) is 3.57 Å². The Hall–Kier alpha value is -2.09. The highest BCUT2D eigenvalue weighted by Gasteiger charge is 2.23. The third kappa shape index (κ3) is 4.69. The van der Waals surface area contributed by atoms with Crippen molar-refractivity contribution >= 4 is 34.5 Å². The molecule has 0 aliphatic heterocycles. The standard InChI is InChI=1S/C17H16INO4/c1-23-17(22)15(10-11-5-2-3-8-14(11)18)19-16(21)12-6-4-7-13(20)9-12/h2-9,15,20H,10H2,1H3,(H,19,21)/t15-/m1/s1. The predicted molar refractivity (Wildman–Crippen MR) is 94.2 cm³/mol. The van der Waals surface area contributed by atoms with Crippen molar-refractivity contribution in [2.75, 3.05) is 7.11 Å². The van der Waals surface area contributed by atoms with Crippen LogP contribution in [0.15, 0.2) is 48.5 Å². The van der Waals surface area contributed by atoms with Crippen molar-refractivity contribution in [3.8, 4) is 5.75 Å². The van der Waals surface area contributed by atoms with Gasteiger partial charge in [0.1, 0.15) is 11.8 Å². The van der Waals surface area contributed by atoms with Gasteiger partial charge >= 0.3 is 5.97 Å². The van der Waals surface area contributed by atoms with Gasteiger partial charge in [-0.05, 0) is 52.4 Å². The van der Waals surface area contributed by atoms with Crippen molar-refractivity contribution in [1.82, 2.24) is 5.32 Å². The van der Waals surface area contributed by atoms with Gasteiger partial charge < -0.3 is 15.2 Å². The second-order valence-electron chi connectivity index (χ2n) is 4.90. The number of carbonyl (C=O) groups excluding carboxylic acids is 2. The SMILES string of the molecule is COC(=O)[C@@H](Cc1ccccc1I)NC(=O)c1cccc(O)c1. The Labute approximate surface area is 147 Å².